The summed E-state index contributed by atoms with van der Waals surface area (Å²) in [6.07, 6.45) is 3.07. The molecule has 0 bridgehead atoms. The number of benzene rings is 2. The standard InChI is InChI=1S/C18H17N5O2/c1-13(24)20-10-14-2-4-15(5-3-14)18(25)22-16-6-8-17(9-7-16)23-12-19-11-21-23/h2-9,11-12H,10H2,1H3,(H,20,24)(H,22,25). The molecule has 0 saturated carbocycles. The van der Waals surface area contributed by atoms with Crippen LogP contribution in [0.5, 0.6) is 0 Å². The van der Waals surface area contributed by atoms with E-state index in [-0.39, 0.29) is 11.8 Å². The third kappa shape index (κ3) is 4.29. The summed E-state index contributed by atoms with van der Waals surface area (Å²) in [5.74, 6) is -0.282. The highest BCUT2D eigenvalue weighted by molar-refractivity contribution is 6.04. The molecule has 3 rings (SSSR count). The molecule has 7 nitrogen and oxygen atoms in total. The van der Waals surface area contributed by atoms with Crippen LogP contribution in [-0.2, 0) is 11.3 Å². The minimum Gasteiger partial charge on any atom is -0.352 e. The van der Waals surface area contributed by atoms with Gasteiger partial charge in [0.25, 0.3) is 5.91 Å². The first-order chi connectivity index (χ1) is 12.1. The predicted molar refractivity (Wildman–Crippen MR) is 93.3 cm³/mol. The van der Waals surface area contributed by atoms with E-state index in [1.54, 1.807) is 35.3 Å². The van der Waals surface area contributed by atoms with Crippen molar-refractivity contribution in [1.82, 2.24) is 20.1 Å². The fourth-order valence-electron chi connectivity index (χ4n) is 2.24. The Morgan fingerprint density at radius 3 is 2.36 bits per heavy atom. The molecule has 2 aromatic carbocycles. The van der Waals surface area contributed by atoms with Gasteiger partial charge in [0, 0.05) is 24.7 Å². The summed E-state index contributed by atoms with van der Waals surface area (Å²) < 4.78 is 1.64. The molecule has 0 unspecified atom stereocenters. The first kappa shape index (κ1) is 16.4. The molecule has 126 valence electrons. The summed E-state index contributed by atoms with van der Waals surface area (Å²) in [7, 11) is 0. The van der Waals surface area contributed by atoms with Crippen LogP contribution in [0.2, 0.25) is 0 Å². The van der Waals surface area contributed by atoms with Gasteiger partial charge in [-0.05, 0) is 42.0 Å². The van der Waals surface area contributed by atoms with Crippen molar-refractivity contribution in [2.45, 2.75) is 13.5 Å². The number of hydrogen-bond donors (Lipinski definition) is 2. The molecule has 2 amide bonds. The normalized spacial score (nSPS) is 10.3. The maximum atomic E-state index is 12.3. The molecule has 0 radical (unpaired) electrons. The Morgan fingerprint density at radius 2 is 1.76 bits per heavy atom. The summed E-state index contributed by atoms with van der Waals surface area (Å²) >= 11 is 0. The average molecular weight is 335 g/mol. The molecule has 0 aliphatic heterocycles. The number of anilines is 1. The highest BCUT2D eigenvalue weighted by Crippen LogP contribution is 2.14. The SMILES string of the molecule is CC(=O)NCc1ccc(C(=O)Nc2ccc(-n3cncn3)cc2)cc1. The molecule has 0 aliphatic carbocycles. The van der Waals surface area contributed by atoms with Crippen LogP contribution in [0.4, 0.5) is 5.69 Å². The van der Waals surface area contributed by atoms with Crippen molar-refractivity contribution >= 4 is 17.5 Å². The van der Waals surface area contributed by atoms with Crippen molar-refractivity contribution < 1.29 is 9.59 Å². The molecule has 0 spiro atoms. The number of carbonyl (C=O) groups is 2. The summed E-state index contributed by atoms with van der Waals surface area (Å²) in [4.78, 5) is 27.1. The van der Waals surface area contributed by atoms with Crippen LogP contribution in [0.3, 0.4) is 0 Å². The van der Waals surface area contributed by atoms with Gasteiger partial charge in [-0.3, -0.25) is 9.59 Å². The first-order valence-electron chi connectivity index (χ1n) is 7.71. The third-order valence-electron chi connectivity index (χ3n) is 3.57. The molecule has 0 saturated heterocycles. The van der Waals surface area contributed by atoms with E-state index in [4.69, 9.17) is 0 Å². The van der Waals surface area contributed by atoms with Crippen LogP contribution in [0.1, 0.15) is 22.8 Å². The lowest BCUT2D eigenvalue weighted by Gasteiger charge is -2.08. The second-order valence-electron chi connectivity index (χ2n) is 5.45. The molecule has 1 aromatic heterocycles. The van der Waals surface area contributed by atoms with E-state index in [1.807, 2.05) is 24.3 Å². The zero-order valence-corrected chi connectivity index (χ0v) is 13.6. The summed E-state index contributed by atoms with van der Waals surface area (Å²) in [6, 6.07) is 14.4. The van der Waals surface area contributed by atoms with Crippen molar-refractivity contribution in [1.29, 1.82) is 0 Å². The first-order valence-corrected chi connectivity index (χ1v) is 7.71. The van der Waals surface area contributed by atoms with E-state index in [0.717, 1.165) is 11.3 Å². The van der Waals surface area contributed by atoms with Crippen molar-refractivity contribution in [2.75, 3.05) is 5.32 Å². The van der Waals surface area contributed by atoms with E-state index >= 15 is 0 Å². The summed E-state index contributed by atoms with van der Waals surface area (Å²) in [5.41, 5.74) is 3.03. The van der Waals surface area contributed by atoms with Crippen LogP contribution in [0.25, 0.3) is 5.69 Å². The molecule has 7 heteroatoms. The summed E-state index contributed by atoms with van der Waals surface area (Å²) in [6.45, 7) is 1.91. The molecule has 25 heavy (non-hydrogen) atoms. The van der Waals surface area contributed by atoms with Crippen molar-refractivity contribution in [3.05, 3.63) is 72.3 Å². The van der Waals surface area contributed by atoms with Gasteiger partial charge in [0.05, 0.1) is 5.69 Å². The van der Waals surface area contributed by atoms with Gasteiger partial charge in [0.15, 0.2) is 0 Å². The Bertz CT molecular complexity index is 855. The van der Waals surface area contributed by atoms with Crippen molar-refractivity contribution in [3.63, 3.8) is 0 Å². The van der Waals surface area contributed by atoms with Crippen molar-refractivity contribution in [2.24, 2.45) is 0 Å². The predicted octanol–water partition coefficient (Wildman–Crippen LogP) is 2.16. The fourth-order valence-corrected chi connectivity index (χ4v) is 2.24. The number of nitrogens with one attached hydrogen (secondary N) is 2. The van der Waals surface area contributed by atoms with Gasteiger partial charge in [-0.2, -0.15) is 5.10 Å². The number of nitrogens with zero attached hydrogens (tertiary/aromatic N) is 3. The van der Waals surface area contributed by atoms with Gasteiger partial charge in [-0.25, -0.2) is 9.67 Å². The number of rotatable bonds is 5. The Morgan fingerprint density at radius 1 is 1.04 bits per heavy atom. The molecule has 1 heterocycles. The number of hydrogen-bond acceptors (Lipinski definition) is 4. The molecule has 3 aromatic rings. The van der Waals surface area contributed by atoms with Gasteiger partial charge in [-0.1, -0.05) is 12.1 Å². The van der Waals surface area contributed by atoms with E-state index in [0.29, 0.717) is 17.8 Å². The molecule has 2 N–H and O–H groups in total. The Kier molecular flexibility index (Phi) is 4.84. The van der Waals surface area contributed by atoms with E-state index in [2.05, 4.69) is 20.7 Å². The molecule has 0 fully saturated rings. The van der Waals surface area contributed by atoms with E-state index in [9.17, 15) is 9.59 Å². The Labute approximate surface area is 144 Å². The Balaban J connectivity index is 1.62. The lowest BCUT2D eigenvalue weighted by Crippen LogP contribution is -2.19. The van der Waals surface area contributed by atoms with Crippen LogP contribution >= 0.6 is 0 Å². The van der Waals surface area contributed by atoms with E-state index in [1.165, 1.54) is 13.3 Å². The minimum absolute atomic E-state index is 0.0869. The highest BCUT2D eigenvalue weighted by atomic mass is 16.2. The van der Waals surface area contributed by atoms with Gasteiger partial charge in [-0.15, -0.1) is 0 Å². The third-order valence-corrected chi connectivity index (χ3v) is 3.57. The van der Waals surface area contributed by atoms with Gasteiger partial charge < -0.3 is 10.6 Å². The monoisotopic (exact) mass is 335 g/mol. The average Bonchev–Trinajstić information content (AvgIpc) is 3.15. The zero-order valence-electron chi connectivity index (χ0n) is 13.6. The Hall–Kier alpha value is -3.48. The lowest BCUT2D eigenvalue weighted by molar-refractivity contribution is -0.119. The van der Waals surface area contributed by atoms with Crippen LogP contribution < -0.4 is 10.6 Å². The smallest absolute Gasteiger partial charge is 0.255 e. The van der Waals surface area contributed by atoms with Gasteiger partial charge in [0.2, 0.25) is 5.91 Å². The molecule has 0 atom stereocenters. The van der Waals surface area contributed by atoms with Gasteiger partial charge in [0.1, 0.15) is 12.7 Å². The number of amides is 2. The topological polar surface area (TPSA) is 88.9 Å². The maximum absolute atomic E-state index is 12.3. The minimum atomic E-state index is -0.195. The second kappa shape index (κ2) is 7.39. The van der Waals surface area contributed by atoms with Crippen molar-refractivity contribution in [3.8, 4) is 5.69 Å². The highest BCUT2D eigenvalue weighted by Gasteiger charge is 2.07. The fraction of sp³-hybridized carbons (Fsp3) is 0.111. The second-order valence-corrected chi connectivity index (χ2v) is 5.45. The lowest BCUT2D eigenvalue weighted by atomic mass is 10.1. The van der Waals surface area contributed by atoms with Crippen LogP contribution in [-0.4, -0.2) is 26.6 Å². The number of aromatic nitrogens is 3. The van der Waals surface area contributed by atoms with Crippen LogP contribution in [0.15, 0.2) is 61.2 Å². The molecular weight excluding hydrogens is 318 g/mol. The van der Waals surface area contributed by atoms with Gasteiger partial charge >= 0.3 is 0 Å². The molecule has 0 aliphatic rings. The summed E-state index contributed by atoms with van der Waals surface area (Å²) in [5, 5.41) is 9.61. The zero-order chi connectivity index (χ0) is 17.6. The number of carbonyl (C=O) groups excluding carboxylic acids is 2. The quantitative estimate of drug-likeness (QED) is 0.748. The van der Waals surface area contributed by atoms with Crippen LogP contribution in [0, 0.1) is 0 Å². The molecular formula is C18H17N5O2. The van der Waals surface area contributed by atoms with E-state index < -0.39 is 0 Å². The maximum Gasteiger partial charge on any atom is 0.255 e. The largest absolute Gasteiger partial charge is 0.352 e.